The van der Waals surface area contributed by atoms with E-state index in [4.69, 9.17) is 0 Å². The van der Waals surface area contributed by atoms with Gasteiger partial charge in [-0.15, -0.1) is 0 Å². The Kier molecular flexibility index (Phi) is 5.71. The first-order valence-corrected chi connectivity index (χ1v) is 8.36. The number of rotatable bonds is 6. The molecule has 6 heteroatoms. The number of nitrogens with zero attached hydrogens (tertiary/aromatic N) is 3. The zero-order valence-corrected chi connectivity index (χ0v) is 14.7. The van der Waals surface area contributed by atoms with Crippen LogP contribution >= 0.6 is 0 Å². The van der Waals surface area contributed by atoms with Crippen molar-refractivity contribution in [3.8, 4) is 22.8 Å². The SMILES string of the molecule is C=C/C=C(\C=C)c1nc(-c2ccccc2)nc(-c2cccc(B(O)O)c2)n1. The van der Waals surface area contributed by atoms with Crippen molar-refractivity contribution in [2.75, 3.05) is 0 Å². The van der Waals surface area contributed by atoms with Crippen molar-refractivity contribution in [3.63, 3.8) is 0 Å². The van der Waals surface area contributed by atoms with Gasteiger partial charge in [0.15, 0.2) is 17.5 Å². The van der Waals surface area contributed by atoms with Gasteiger partial charge in [0.1, 0.15) is 0 Å². The topological polar surface area (TPSA) is 79.1 Å². The first-order chi connectivity index (χ1) is 13.1. The molecule has 0 aliphatic heterocycles. The molecular formula is C21H18BN3O2. The van der Waals surface area contributed by atoms with Gasteiger partial charge in [0, 0.05) is 16.7 Å². The first kappa shape index (κ1) is 18.4. The molecule has 2 N–H and O–H groups in total. The summed E-state index contributed by atoms with van der Waals surface area (Å²) in [7, 11) is -1.57. The molecule has 0 bridgehead atoms. The van der Waals surface area contributed by atoms with Crippen LogP contribution in [0.2, 0.25) is 0 Å². The van der Waals surface area contributed by atoms with E-state index >= 15 is 0 Å². The molecular weight excluding hydrogens is 337 g/mol. The summed E-state index contributed by atoms with van der Waals surface area (Å²) in [4.78, 5) is 13.7. The smallest absolute Gasteiger partial charge is 0.423 e. The normalized spacial score (nSPS) is 11.1. The van der Waals surface area contributed by atoms with E-state index in [9.17, 15) is 10.0 Å². The first-order valence-electron chi connectivity index (χ1n) is 8.36. The maximum absolute atomic E-state index is 9.45. The average Bonchev–Trinajstić information content (AvgIpc) is 2.72. The standard InChI is InChI=1S/C21H18BN3O2/c1-3-9-15(4-2)19-23-20(16-10-6-5-7-11-16)25-21(24-19)17-12-8-13-18(14-17)22(26)27/h3-14,26-27H,1-2H2/b15-9+. The largest absolute Gasteiger partial charge is 0.488 e. The lowest BCUT2D eigenvalue weighted by molar-refractivity contribution is 0.426. The molecule has 0 atom stereocenters. The Morgan fingerprint density at radius 1 is 0.852 bits per heavy atom. The van der Waals surface area contributed by atoms with Crippen molar-refractivity contribution in [2.45, 2.75) is 0 Å². The van der Waals surface area contributed by atoms with E-state index in [1.165, 1.54) is 0 Å². The monoisotopic (exact) mass is 355 g/mol. The van der Waals surface area contributed by atoms with Crippen molar-refractivity contribution >= 4 is 18.2 Å². The van der Waals surface area contributed by atoms with Crippen LogP contribution in [0.15, 0.2) is 86.0 Å². The van der Waals surface area contributed by atoms with E-state index < -0.39 is 7.12 Å². The highest BCUT2D eigenvalue weighted by molar-refractivity contribution is 6.58. The van der Waals surface area contributed by atoms with Crippen LogP contribution in [0.5, 0.6) is 0 Å². The molecule has 0 amide bonds. The minimum atomic E-state index is -1.57. The van der Waals surface area contributed by atoms with Crippen LogP contribution in [0.1, 0.15) is 5.82 Å². The molecule has 0 saturated carbocycles. The van der Waals surface area contributed by atoms with Gasteiger partial charge in [-0.25, -0.2) is 15.0 Å². The van der Waals surface area contributed by atoms with Gasteiger partial charge in [-0.3, -0.25) is 0 Å². The van der Waals surface area contributed by atoms with Gasteiger partial charge in [-0.1, -0.05) is 86.0 Å². The van der Waals surface area contributed by atoms with Crippen LogP contribution in [-0.2, 0) is 0 Å². The predicted octanol–water partition coefficient (Wildman–Crippen LogP) is 2.64. The summed E-state index contributed by atoms with van der Waals surface area (Å²) >= 11 is 0. The predicted molar refractivity (Wildman–Crippen MR) is 109 cm³/mol. The summed E-state index contributed by atoms with van der Waals surface area (Å²) < 4.78 is 0. The molecule has 132 valence electrons. The highest BCUT2D eigenvalue weighted by Gasteiger charge is 2.15. The molecule has 0 aliphatic rings. The second kappa shape index (κ2) is 8.36. The molecule has 5 nitrogen and oxygen atoms in total. The second-order valence-corrected chi connectivity index (χ2v) is 5.73. The molecule has 0 radical (unpaired) electrons. The molecule has 0 saturated heterocycles. The van der Waals surface area contributed by atoms with Gasteiger partial charge in [0.2, 0.25) is 0 Å². The zero-order valence-electron chi connectivity index (χ0n) is 14.7. The van der Waals surface area contributed by atoms with Gasteiger partial charge in [-0.05, 0) is 5.46 Å². The maximum atomic E-state index is 9.45. The second-order valence-electron chi connectivity index (χ2n) is 5.73. The van der Waals surface area contributed by atoms with Gasteiger partial charge in [0.25, 0.3) is 0 Å². The van der Waals surface area contributed by atoms with Gasteiger partial charge >= 0.3 is 7.12 Å². The number of benzene rings is 2. The third-order valence-electron chi connectivity index (χ3n) is 3.89. The highest BCUT2D eigenvalue weighted by atomic mass is 16.4. The third-order valence-corrected chi connectivity index (χ3v) is 3.89. The van der Waals surface area contributed by atoms with Crippen LogP contribution in [0.4, 0.5) is 0 Å². The maximum Gasteiger partial charge on any atom is 0.488 e. The summed E-state index contributed by atoms with van der Waals surface area (Å²) in [6.07, 6.45) is 5.07. The lowest BCUT2D eigenvalue weighted by Crippen LogP contribution is -2.29. The summed E-state index contributed by atoms with van der Waals surface area (Å²) in [6.45, 7) is 7.53. The van der Waals surface area contributed by atoms with E-state index in [0.29, 0.717) is 34.1 Å². The molecule has 2 aromatic carbocycles. The lowest BCUT2D eigenvalue weighted by Gasteiger charge is -2.09. The van der Waals surface area contributed by atoms with Crippen LogP contribution < -0.4 is 5.46 Å². The number of hydrogen-bond acceptors (Lipinski definition) is 5. The van der Waals surface area contributed by atoms with Crippen LogP contribution in [0.25, 0.3) is 28.3 Å². The molecule has 0 spiro atoms. The minimum Gasteiger partial charge on any atom is -0.423 e. The molecule has 0 fully saturated rings. The quantitative estimate of drug-likeness (QED) is 0.525. The van der Waals surface area contributed by atoms with Crippen molar-refractivity contribution in [2.24, 2.45) is 0 Å². The van der Waals surface area contributed by atoms with Crippen molar-refractivity contribution in [3.05, 3.63) is 91.8 Å². The van der Waals surface area contributed by atoms with Crippen LogP contribution in [-0.4, -0.2) is 32.1 Å². The van der Waals surface area contributed by atoms with E-state index in [1.807, 2.05) is 36.4 Å². The Labute approximate surface area is 158 Å². The summed E-state index contributed by atoms with van der Waals surface area (Å²) in [5.41, 5.74) is 2.58. The number of allylic oxidation sites excluding steroid dienone is 4. The zero-order chi connectivity index (χ0) is 19.2. The number of aromatic nitrogens is 3. The van der Waals surface area contributed by atoms with Crippen LogP contribution in [0, 0.1) is 0 Å². The van der Waals surface area contributed by atoms with Gasteiger partial charge < -0.3 is 10.0 Å². The molecule has 27 heavy (non-hydrogen) atoms. The van der Waals surface area contributed by atoms with Crippen molar-refractivity contribution in [1.29, 1.82) is 0 Å². The molecule has 1 heterocycles. The summed E-state index contributed by atoms with van der Waals surface area (Å²) in [5, 5.41) is 18.9. The highest BCUT2D eigenvalue weighted by Crippen LogP contribution is 2.22. The molecule has 3 aromatic rings. The Hall–Kier alpha value is -3.35. The van der Waals surface area contributed by atoms with Gasteiger partial charge in [0.05, 0.1) is 0 Å². The van der Waals surface area contributed by atoms with E-state index in [1.54, 1.807) is 36.4 Å². The van der Waals surface area contributed by atoms with Crippen molar-refractivity contribution < 1.29 is 10.0 Å². The molecule has 1 aromatic heterocycles. The van der Waals surface area contributed by atoms with Gasteiger partial charge in [-0.2, -0.15) is 0 Å². The average molecular weight is 355 g/mol. The Balaban J connectivity index is 2.21. The van der Waals surface area contributed by atoms with E-state index in [2.05, 4.69) is 28.1 Å². The Morgan fingerprint density at radius 3 is 2.15 bits per heavy atom. The van der Waals surface area contributed by atoms with Crippen molar-refractivity contribution in [1.82, 2.24) is 15.0 Å². The lowest BCUT2D eigenvalue weighted by atomic mass is 9.79. The fraction of sp³-hybridized carbons (Fsp3) is 0. The third kappa shape index (κ3) is 4.26. The van der Waals surface area contributed by atoms with E-state index in [-0.39, 0.29) is 0 Å². The fourth-order valence-corrected chi connectivity index (χ4v) is 2.55. The summed E-state index contributed by atoms with van der Waals surface area (Å²) in [5.74, 6) is 1.41. The fourth-order valence-electron chi connectivity index (χ4n) is 2.55. The number of hydrogen-bond donors (Lipinski definition) is 2. The minimum absolute atomic E-state index is 0.362. The summed E-state index contributed by atoms with van der Waals surface area (Å²) in [6, 6.07) is 16.4. The Bertz CT molecular complexity index is 1000. The Morgan fingerprint density at radius 2 is 1.52 bits per heavy atom. The molecule has 3 rings (SSSR count). The molecule has 0 unspecified atom stereocenters. The molecule has 0 aliphatic carbocycles. The van der Waals surface area contributed by atoms with E-state index in [0.717, 1.165) is 5.56 Å². The van der Waals surface area contributed by atoms with Crippen LogP contribution in [0.3, 0.4) is 0 Å².